The minimum Gasteiger partial charge on any atom is -0.501 e. The number of hydrogen-bond donors (Lipinski definition) is 3. The molecule has 0 aromatic heterocycles. The second-order valence-electron chi connectivity index (χ2n) is 7.28. The number of Topliss-reactive ketones (excluding diaryl/α,β-unsaturated/α-hetero) is 1. The highest BCUT2D eigenvalue weighted by molar-refractivity contribution is 7.58. The Hall–Kier alpha value is -1.77. The number of cyclic esters (lactones) is 1. The summed E-state index contributed by atoms with van der Waals surface area (Å²) in [5.74, 6) is -2.71. The summed E-state index contributed by atoms with van der Waals surface area (Å²) in [6, 6.07) is 0. The molecular weight excluding hydrogens is 391 g/mol. The molecule has 0 fully saturated rings. The number of aliphatic hydroxyl groups is 3. The van der Waals surface area contributed by atoms with Gasteiger partial charge in [0.15, 0.2) is 11.9 Å². The van der Waals surface area contributed by atoms with Gasteiger partial charge in [0.1, 0.15) is 17.5 Å². The van der Waals surface area contributed by atoms with Crippen LogP contribution in [-0.4, -0.2) is 59.1 Å². The SMILES string of the molecule is C=CC1=C(C)C(=O)C(OP(=O)(OC)C2=C(O)C(=O)O[C@@H]2[C@@H](O)CO)CC1(C)C. The van der Waals surface area contributed by atoms with Gasteiger partial charge in [-0.15, -0.1) is 0 Å². The molecule has 0 bridgehead atoms. The Kier molecular flexibility index (Phi) is 6.37. The quantitative estimate of drug-likeness (QED) is 0.418. The molecule has 2 rings (SSSR count). The summed E-state index contributed by atoms with van der Waals surface area (Å²) in [5, 5.41) is 28.5. The van der Waals surface area contributed by atoms with Crippen molar-refractivity contribution in [1.29, 1.82) is 0 Å². The first-order chi connectivity index (χ1) is 12.9. The van der Waals surface area contributed by atoms with Crippen molar-refractivity contribution in [3.05, 3.63) is 34.9 Å². The van der Waals surface area contributed by atoms with Crippen LogP contribution < -0.4 is 0 Å². The molecule has 0 spiro atoms. The van der Waals surface area contributed by atoms with Crippen LogP contribution in [0.15, 0.2) is 34.9 Å². The Balaban J connectivity index is 2.46. The maximum absolute atomic E-state index is 13.4. The third-order valence-corrected chi connectivity index (χ3v) is 7.04. The van der Waals surface area contributed by atoms with Gasteiger partial charge in [-0.2, -0.15) is 0 Å². The smallest absolute Gasteiger partial charge is 0.374 e. The first kappa shape index (κ1) is 22.5. The van der Waals surface area contributed by atoms with Crippen molar-refractivity contribution in [2.45, 2.75) is 45.5 Å². The van der Waals surface area contributed by atoms with Crippen LogP contribution in [0.5, 0.6) is 0 Å². The van der Waals surface area contributed by atoms with Crippen molar-refractivity contribution in [2.24, 2.45) is 5.41 Å². The van der Waals surface area contributed by atoms with Crippen molar-refractivity contribution in [3.8, 4) is 0 Å². The summed E-state index contributed by atoms with van der Waals surface area (Å²) in [4.78, 5) is 24.5. The molecule has 4 atom stereocenters. The van der Waals surface area contributed by atoms with Gasteiger partial charge in [0.25, 0.3) is 0 Å². The van der Waals surface area contributed by atoms with E-state index in [9.17, 15) is 24.4 Å². The van der Waals surface area contributed by atoms with Crippen LogP contribution in [0.3, 0.4) is 0 Å². The highest BCUT2D eigenvalue weighted by Gasteiger charge is 2.52. The van der Waals surface area contributed by atoms with Crippen LogP contribution >= 0.6 is 7.60 Å². The normalized spacial score (nSPS) is 28.2. The number of aliphatic hydroxyl groups excluding tert-OH is 3. The predicted molar refractivity (Wildman–Crippen MR) is 98.4 cm³/mol. The van der Waals surface area contributed by atoms with Gasteiger partial charge in [-0.3, -0.25) is 13.9 Å². The van der Waals surface area contributed by atoms with Crippen LogP contribution in [0.25, 0.3) is 0 Å². The molecule has 2 unspecified atom stereocenters. The van der Waals surface area contributed by atoms with E-state index in [4.69, 9.17) is 18.9 Å². The molecule has 9 nitrogen and oxygen atoms in total. The molecule has 0 aromatic carbocycles. The lowest BCUT2D eigenvalue weighted by atomic mass is 9.71. The molecular formula is C18H25O9P. The van der Waals surface area contributed by atoms with Crippen molar-refractivity contribution in [3.63, 3.8) is 0 Å². The van der Waals surface area contributed by atoms with Gasteiger partial charge < -0.3 is 24.6 Å². The zero-order valence-corrected chi connectivity index (χ0v) is 17.1. The molecule has 10 heteroatoms. The predicted octanol–water partition coefficient (Wildman–Crippen LogP) is 1.76. The van der Waals surface area contributed by atoms with Gasteiger partial charge in [0.2, 0.25) is 5.76 Å². The zero-order valence-electron chi connectivity index (χ0n) is 16.2. The van der Waals surface area contributed by atoms with Crippen LogP contribution in [0.4, 0.5) is 0 Å². The van der Waals surface area contributed by atoms with Crippen molar-refractivity contribution < 1.29 is 43.3 Å². The van der Waals surface area contributed by atoms with E-state index >= 15 is 0 Å². The molecule has 0 aromatic rings. The number of esters is 1. The first-order valence-corrected chi connectivity index (χ1v) is 10.1. The highest BCUT2D eigenvalue weighted by Crippen LogP contribution is 2.62. The van der Waals surface area contributed by atoms with E-state index in [0.29, 0.717) is 5.57 Å². The molecule has 0 saturated carbocycles. The monoisotopic (exact) mass is 416 g/mol. The Morgan fingerprint density at radius 3 is 2.54 bits per heavy atom. The largest absolute Gasteiger partial charge is 0.501 e. The summed E-state index contributed by atoms with van der Waals surface area (Å²) in [7, 11) is -3.42. The van der Waals surface area contributed by atoms with Gasteiger partial charge in [-0.1, -0.05) is 26.5 Å². The topological polar surface area (TPSA) is 140 Å². The second-order valence-corrected chi connectivity index (χ2v) is 9.33. The van der Waals surface area contributed by atoms with E-state index in [-0.39, 0.29) is 6.42 Å². The fourth-order valence-electron chi connectivity index (χ4n) is 3.54. The lowest BCUT2D eigenvalue weighted by Crippen LogP contribution is -2.38. The molecule has 156 valence electrons. The maximum atomic E-state index is 13.4. The molecule has 1 heterocycles. The van der Waals surface area contributed by atoms with Gasteiger partial charge >= 0.3 is 13.6 Å². The summed E-state index contributed by atoms with van der Waals surface area (Å²) < 4.78 is 28.7. The molecule has 0 amide bonds. The molecule has 3 N–H and O–H groups in total. The van der Waals surface area contributed by atoms with Crippen LogP contribution in [0, 0.1) is 5.41 Å². The van der Waals surface area contributed by atoms with E-state index in [2.05, 4.69) is 6.58 Å². The van der Waals surface area contributed by atoms with Crippen LogP contribution in [-0.2, 0) is 27.9 Å². The Labute approximate surface area is 162 Å². The van der Waals surface area contributed by atoms with Crippen LogP contribution in [0.2, 0.25) is 0 Å². The van der Waals surface area contributed by atoms with Gasteiger partial charge in [-0.05, 0) is 29.9 Å². The highest BCUT2D eigenvalue weighted by atomic mass is 31.2. The number of allylic oxidation sites excluding steroid dienone is 2. The third-order valence-electron chi connectivity index (χ3n) is 4.97. The average molecular weight is 416 g/mol. The van der Waals surface area contributed by atoms with E-state index in [0.717, 1.165) is 12.7 Å². The first-order valence-electron chi connectivity index (χ1n) is 8.59. The minimum absolute atomic E-state index is 0.147. The Morgan fingerprint density at radius 2 is 2.04 bits per heavy atom. The summed E-state index contributed by atoms with van der Waals surface area (Å²) in [6.07, 6.45) is -2.75. The summed E-state index contributed by atoms with van der Waals surface area (Å²) >= 11 is 0. The number of rotatable bonds is 7. The fourth-order valence-corrected chi connectivity index (χ4v) is 5.33. The average Bonchev–Trinajstić information content (AvgIpc) is 2.94. The molecule has 1 aliphatic heterocycles. The number of hydrogen-bond acceptors (Lipinski definition) is 9. The number of carbonyl (C=O) groups excluding carboxylic acids is 2. The minimum atomic E-state index is -4.44. The summed E-state index contributed by atoms with van der Waals surface area (Å²) in [6.45, 7) is 8.22. The lowest BCUT2D eigenvalue weighted by molar-refractivity contribution is -0.146. The number of ketones is 1. The standard InChI is InChI=1S/C18H25O9P/c1-6-10-9(2)13(21)12(7-18(10,3)4)27-28(24,25-5)16-14(22)17(23)26-15(16)11(20)8-19/h6,11-12,15,19-20,22H,1,7-8H2,2-5H3/t11-,12?,15+,28?/m0/s1. The Bertz CT molecular complexity index is 808. The van der Waals surface area contributed by atoms with E-state index in [1.807, 2.05) is 13.8 Å². The molecule has 28 heavy (non-hydrogen) atoms. The summed E-state index contributed by atoms with van der Waals surface area (Å²) in [5.41, 5.74) is 0.605. The maximum Gasteiger partial charge on any atom is 0.374 e. The van der Waals surface area contributed by atoms with Crippen molar-refractivity contribution in [1.82, 2.24) is 0 Å². The Morgan fingerprint density at radius 1 is 1.43 bits per heavy atom. The third kappa shape index (κ3) is 3.73. The van der Waals surface area contributed by atoms with E-state index in [1.165, 1.54) is 0 Å². The second kappa shape index (κ2) is 7.93. The van der Waals surface area contributed by atoms with Crippen molar-refractivity contribution in [2.75, 3.05) is 13.7 Å². The zero-order chi connectivity index (χ0) is 21.4. The van der Waals surface area contributed by atoms with Gasteiger partial charge in [0.05, 0.1) is 6.61 Å². The van der Waals surface area contributed by atoms with Crippen LogP contribution in [0.1, 0.15) is 27.2 Å². The van der Waals surface area contributed by atoms with Crippen molar-refractivity contribution >= 4 is 19.3 Å². The number of ether oxygens (including phenoxy) is 1. The van der Waals surface area contributed by atoms with E-state index < -0.39 is 60.8 Å². The van der Waals surface area contributed by atoms with Gasteiger partial charge in [0, 0.05) is 7.11 Å². The molecule has 2 aliphatic rings. The fraction of sp³-hybridized carbons (Fsp3) is 0.556. The molecule has 1 aliphatic carbocycles. The lowest BCUT2D eigenvalue weighted by Gasteiger charge is -2.37. The molecule has 0 radical (unpaired) electrons. The molecule has 0 saturated heterocycles. The van der Waals surface area contributed by atoms with E-state index in [1.54, 1.807) is 13.0 Å². The van der Waals surface area contributed by atoms with Gasteiger partial charge in [-0.25, -0.2) is 4.79 Å². The number of carbonyl (C=O) groups is 2.